The number of carbonyl (C=O) groups excluding carboxylic acids is 1. The number of Topliss-reactive ketones (excluding diaryl/α,β-unsaturated/α-hetero) is 1. The molecule has 4 saturated carbocycles. The summed E-state index contributed by atoms with van der Waals surface area (Å²) in [6.07, 6.45) is 13.1. The number of allylic oxidation sites excluding steroid dienone is 1. The van der Waals surface area contributed by atoms with Crippen molar-refractivity contribution in [3.05, 3.63) is 29.4 Å². The molecule has 0 radical (unpaired) electrons. The maximum Gasteiger partial charge on any atom is 0.281 e. The van der Waals surface area contributed by atoms with Gasteiger partial charge in [-0.05, 0) is 68.6 Å². The number of aromatic nitrogens is 3. The zero-order chi connectivity index (χ0) is 28.5. The summed E-state index contributed by atoms with van der Waals surface area (Å²) in [5.41, 5.74) is 3.14. The van der Waals surface area contributed by atoms with E-state index >= 15 is 0 Å². The van der Waals surface area contributed by atoms with Crippen molar-refractivity contribution < 1.29 is 22.8 Å². The van der Waals surface area contributed by atoms with Gasteiger partial charge < -0.3 is 14.9 Å². The van der Waals surface area contributed by atoms with E-state index in [-0.39, 0.29) is 35.9 Å². The van der Waals surface area contributed by atoms with E-state index in [1.165, 1.54) is 22.7 Å². The van der Waals surface area contributed by atoms with E-state index in [0.29, 0.717) is 49.2 Å². The normalized spacial score (nSPS) is 31.2. The molecule has 220 valence electrons. The molecule has 5 fully saturated rings. The number of nitrogens with one attached hydrogen (secondary N) is 1. The van der Waals surface area contributed by atoms with Crippen LogP contribution in [0.1, 0.15) is 73.2 Å². The van der Waals surface area contributed by atoms with Crippen LogP contribution < -0.4 is 5.32 Å². The predicted molar refractivity (Wildman–Crippen MR) is 152 cm³/mol. The van der Waals surface area contributed by atoms with Crippen molar-refractivity contribution >= 4 is 27.8 Å². The molecule has 3 heterocycles. The van der Waals surface area contributed by atoms with Crippen molar-refractivity contribution in [2.24, 2.45) is 23.7 Å². The molecular formula is C29H38N6O5S. The van der Waals surface area contributed by atoms with Crippen LogP contribution >= 0.6 is 0 Å². The number of hydrogen-bond donors (Lipinski definition) is 2. The lowest BCUT2D eigenvalue weighted by Gasteiger charge is -2.58. The van der Waals surface area contributed by atoms with Crippen LogP contribution in [0.3, 0.4) is 0 Å². The molecule has 0 spiro atoms. The van der Waals surface area contributed by atoms with E-state index in [1.54, 1.807) is 6.20 Å². The molecule has 12 heteroatoms. The second kappa shape index (κ2) is 9.96. The fraction of sp³-hybridized carbons (Fsp3) is 0.655. The van der Waals surface area contributed by atoms with Gasteiger partial charge in [0, 0.05) is 57.8 Å². The highest BCUT2D eigenvalue weighted by atomic mass is 32.2. The summed E-state index contributed by atoms with van der Waals surface area (Å²) in [4.78, 5) is 22.3. The summed E-state index contributed by atoms with van der Waals surface area (Å²) in [6, 6.07) is 0.261. The van der Waals surface area contributed by atoms with Gasteiger partial charge in [0.1, 0.15) is 0 Å². The second-order valence-corrected chi connectivity index (χ2v) is 15.2. The van der Waals surface area contributed by atoms with Gasteiger partial charge >= 0.3 is 0 Å². The van der Waals surface area contributed by atoms with Gasteiger partial charge in [-0.3, -0.25) is 9.78 Å². The maximum atomic E-state index is 13.1. The van der Waals surface area contributed by atoms with Crippen LogP contribution in [0.15, 0.2) is 16.8 Å². The van der Waals surface area contributed by atoms with Crippen molar-refractivity contribution in [3.8, 4) is 11.5 Å². The second-order valence-electron chi connectivity index (χ2n) is 13.1. The lowest BCUT2D eigenvalue weighted by molar-refractivity contribution is -0.129. The third-order valence-corrected chi connectivity index (χ3v) is 12.0. The molecule has 5 aliphatic carbocycles. The zero-order valence-electron chi connectivity index (χ0n) is 23.6. The molecule has 4 bridgehead atoms. The quantitative estimate of drug-likeness (QED) is 0.449. The van der Waals surface area contributed by atoms with Gasteiger partial charge in [-0.1, -0.05) is 17.3 Å². The Hall–Kier alpha value is -2.67. The minimum absolute atomic E-state index is 0.0437. The molecule has 5 atom stereocenters. The maximum absolute atomic E-state index is 13.1. The third-order valence-electron chi connectivity index (χ3n) is 10.1. The van der Waals surface area contributed by atoms with Crippen LogP contribution in [-0.4, -0.2) is 81.9 Å². The van der Waals surface area contributed by atoms with Gasteiger partial charge in [-0.2, -0.15) is 22.0 Å². The zero-order valence-corrected chi connectivity index (χ0v) is 24.4. The minimum Gasteiger partial charge on any atom is -0.390 e. The number of fused-ring (bicyclic) bond motifs is 1. The Morgan fingerprint density at radius 2 is 1.93 bits per heavy atom. The Bertz CT molecular complexity index is 1480. The van der Waals surface area contributed by atoms with Crippen LogP contribution in [0.5, 0.6) is 0 Å². The van der Waals surface area contributed by atoms with Gasteiger partial charge in [0.05, 0.1) is 22.5 Å². The molecule has 1 saturated heterocycles. The summed E-state index contributed by atoms with van der Waals surface area (Å²) >= 11 is 0. The molecule has 3 unspecified atom stereocenters. The molecule has 6 aliphatic rings. The first-order chi connectivity index (χ1) is 19.6. The molecule has 0 amide bonds. The number of ketones is 1. The topological polar surface area (TPSA) is 142 Å². The number of rotatable bonds is 8. The van der Waals surface area contributed by atoms with Crippen LogP contribution in [0.25, 0.3) is 17.5 Å². The highest BCUT2D eigenvalue weighted by molar-refractivity contribution is 7.86. The van der Waals surface area contributed by atoms with Gasteiger partial charge in [-0.15, -0.1) is 0 Å². The highest BCUT2D eigenvalue weighted by Gasteiger charge is 2.55. The number of piperidine rings is 1. The number of carbonyl (C=O) groups is 1. The summed E-state index contributed by atoms with van der Waals surface area (Å²) < 4.78 is 33.2. The van der Waals surface area contributed by atoms with Crippen LogP contribution in [-0.2, 0) is 16.6 Å². The number of pyridine rings is 1. The fourth-order valence-electron chi connectivity index (χ4n) is 8.27. The first kappa shape index (κ1) is 27.2. The molecule has 41 heavy (non-hydrogen) atoms. The van der Waals surface area contributed by atoms with Gasteiger partial charge in [0.25, 0.3) is 16.1 Å². The molecule has 2 aromatic rings. The number of anilines is 1. The Morgan fingerprint density at radius 1 is 1.20 bits per heavy atom. The Kier molecular flexibility index (Phi) is 6.60. The largest absolute Gasteiger partial charge is 0.390 e. The van der Waals surface area contributed by atoms with Crippen molar-refractivity contribution in [2.75, 3.05) is 32.5 Å². The van der Waals surface area contributed by atoms with Gasteiger partial charge in [-0.25, -0.2) is 0 Å². The average Bonchev–Trinajstić information content (AvgIpc) is 3.60. The van der Waals surface area contributed by atoms with Gasteiger partial charge in [0.2, 0.25) is 11.6 Å². The Balaban J connectivity index is 1.08. The van der Waals surface area contributed by atoms with Crippen LogP contribution in [0.4, 0.5) is 5.69 Å². The smallest absolute Gasteiger partial charge is 0.281 e. The monoisotopic (exact) mass is 582 g/mol. The summed E-state index contributed by atoms with van der Waals surface area (Å²) in [5.74, 6) is 1.63. The molecule has 11 nitrogen and oxygen atoms in total. The Morgan fingerprint density at radius 3 is 2.61 bits per heavy atom. The van der Waals surface area contributed by atoms with E-state index in [4.69, 9.17) is 4.52 Å². The SMILES string of the molecule is CN(C)S(=O)(=O)N1CCC(CC(=O)c2noc(-c3cnc4c(c3NC3[C@@H]5CC6C[C@H]3CC(O)(C6)C5)C=CC4)n2)CC1. The van der Waals surface area contributed by atoms with Crippen molar-refractivity contribution in [3.63, 3.8) is 0 Å². The molecule has 1 aliphatic heterocycles. The van der Waals surface area contributed by atoms with E-state index in [1.807, 2.05) is 0 Å². The molecular weight excluding hydrogens is 544 g/mol. The van der Waals surface area contributed by atoms with Crippen molar-refractivity contribution in [1.29, 1.82) is 0 Å². The fourth-order valence-corrected chi connectivity index (χ4v) is 9.41. The van der Waals surface area contributed by atoms with E-state index in [9.17, 15) is 18.3 Å². The highest BCUT2D eigenvalue weighted by Crippen LogP contribution is 2.56. The first-order valence-electron chi connectivity index (χ1n) is 14.8. The Labute approximate surface area is 240 Å². The molecule has 2 aromatic heterocycles. The van der Waals surface area contributed by atoms with Crippen LogP contribution in [0.2, 0.25) is 0 Å². The molecule has 2 N–H and O–H groups in total. The summed E-state index contributed by atoms with van der Waals surface area (Å²) in [7, 11) is -0.392. The molecule has 0 aromatic carbocycles. The van der Waals surface area contributed by atoms with E-state index in [0.717, 1.165) is 55.5 Å². The summed E-state index contributed by atoms with van der Waals surface area (Å²) in [5, 5.41) is 19.0. The molecule has 8 rings (SSSR count). The van der Waals surface area contributed by atoms with Crippen molar-refractivity contribution in [2.45, 2.75) is 69.4 Å². The lowest BCUT2D eigenvalue weighted by Crippen LogP contribution is -2.59. The average molecular weight is 583 g/mol. The minimum atomic E-state index is -3.45. The van der Waals surface area contributed by atoms with Gasteiger partial charge in [0.15, 0.2) is 0 Å². The van der Waals surface area contributed by atoms with Crippen LogP contribution in [0, 0.1) is 23.7 Å². The number of nitrogens with zero attached hydrogens (tertiary/aromatic N) is 5. The first-order valence-corrected chi connectivity index (χ1v) is 16.2. The van der Waals surface area contributed by atoms with E-state index in [2.05, 4.69) is 32.6 Å². The lowest BCUT2D eigenvalue weighted by atomic mass is 9.52. The standard InChI is InChI=1S/C29H38N6O5S/c1-34(2)41(38,39)35-8-6-17(7-9-35)12-24(36)27-32-28(40-33-27)22-16-30-23-5-3-4-21(23)26(22)31-25-19-10-18-11-20(25)15-29(37,13-18)14-19/h3-4,16-20,25,37H,5-15H2,1-2H3,(H,30,31)/t18?,19-,20+,25?,29?. The summed E-state index contributed by atoms with van der Waals surface area (Å²) in [6.45, 7) is 0.779. The third kappa shape index (κ3) is 4.82. The number of hydrogen-bond acceptors (Lipinski definition) is 9. The predicted octanol–water partition coefficient (Wildman–Crippen LogP) is 3.14. The number of aliphatic hydroxyl groups is 1. The van der Waals surface area contributed by atoms with E-state index < -0.39 is 15.8 Å². The van der Waals surface area contributed by atoms with Crippen molar-refractivity contribution in [1.82, 2.24) is 23.7 Å².